The van der Waals surface area contributed by atoms with Gasteiger partial charge in [-0.2, -0.15) is 0 Å². The van der Waals surface area contributed by atoms with Crippen molar-refractivity contribution in [3.8, 4) is 0 Å². The van der Waals surface area contributed by atoms with Crippen molar-refractivity contribution in [2.45, 2.75) is 51.6 Å². The highest BCUT2D eigenvalue weighted by atomic mass is 16.3. The number of aliphatic hydroxyl groups excluding tert-OH is 1. The highest BCUT2D eigenvalue weighted by molar-refractivity contribution is 5.32. The highest BCUT2D eigenvalue weighted by Crippen LogP contribution is 2.36. The second kappa shape index (κ2) is 6.03. The van der Waals surface area contributed by atoms with Crippen LogP contribution in [0, 0.1) is 13.8 Å². The van der Waals surface area contributed by atoms with E-state index in [1.807, 2.05) is 0 Å². The van der Waals surface area contributed by atoms with Crippen LogP contribution in [-0.4, -0.2) is 5.11 Å². The minimum absolute atomic E-state index is 0.415. The summed E-state index contributed by atoms with van der Waals surface area (Å²) in [6, 6.07) is 15.1. The molecular formula is C20H24O. The van der Waals surface area contributed by atoms with Crippen LogP contribution in [0.3, 0.4) is 0 Å². The molecule has 21 heavy (non-hydrogen) atoms. The molecule has 1 fully saturated rings. The van der Waals surface area contributed by atoms with Gasteiger partial charge in [-0.25, -0.2) is 0 Å². The van der Waals surface area contributed by atoms with E-state index in [0.29, 0.717) is 6.42 Å². The zero-order valence-electron chi connectivity index (χ0n) is 13.0. The van der Waals surface area contributed by atoms with Crippen molar-refractivity contribution in [3.05, 3.63) is 70.3 Å². The fraction of sp³-hybridized carbons (Fsp3) is 0.400. The van der Waals surface area contributed by atoms with E-state index in [2.05, 4.69) is 56.3 Å². The molecule has 0 saturated heterocycles. The summed E-state index contributed by atoms with van der Waals surface area (Å²) < 4.78 is 0. The van der Waals surface area contributed by atoms with Crippen molar-refractivity contribution in [1.82, 2.24) is 0 Å². The SMILES string of the molecule is Cc1cc(C)cc(CC(O)c2ccc(C3CCC3)cc2)c1. The van der Waals surface area contributed by atoms with Crippen LogP contribution < -0.4 is 0 Å². The minimum atomic E-state index is -0.415. The Morgan fingerprint density at radius 3 is 2.14 bits per heavy atom. The molecule has 0 heterocycles. The Hall–Kier alpha value is -1.60. The monoisotopic (exact) mass is 280 g/mol. The number of benzene rings is 2. The second-order valence-electron chi connectivity index (χ2n) is 6.51. The summed E-state index contributed by atoms with van der Waals surface area (Å²) in [7, 11) is 0. The average molecular weight is 280 g/mol. The van der Waals surface area contributed by atoms with E-state index < -0.39 is 6.10 Å². The molecular weight excluding hydrogens is 256 g/mol. The fourth-order valence-corrected chi connectivity index (χ4v) is 3.26. The molecule has 1 N–H and O–H groups in total. The van der Waals surface area contributed by atoms with Crippen LogP contribution in [0.25, 0.3) is 0 Å². The molecule has 0 aromatic heterocycles. The first kappa shape index (κ1) is 14.3. The van der Waals surface area contributed by atoms with Crippen LogP contribution >= 0.6 is 0 Å². The summed E-state index contributed by atoms with van der Waals surface area (Å²) in [6.45, 7) is 4.21. The van der Waals surface area contributed by atoms with Crippen molar-refractivity contribution in [2.75, 3.05) is 0 Å². The standard InChI is InChI=1S/C20H24O/c1-14-10-15(2)12-16(11-14)13-20(21)19-8-6-18(7-9-19)17-4-3-5-17/h6-12,17,20-21H,3-5,13H2,1-2H3. The Balaban J connectivity index is 1.70. The summed E-state index contributed by atoms with van der Waals surface area (Å²) in [5.74, 6) is 0.760. The summed E-state index contributed by atoms with van der Waals surface area (Å²) in [4.78, 5) is 0. The van der Waals surface area contributed by atoms with Crippen LogP contribution in [-0.2, 0) is 6.42 Å². The molecule has 1 nitrogen and oxygen atoms in total. The van der Waals surface area contributed by atoms with Crippen LogP contribution in [0.15, 0.2) is 42.5 Å². The zero-order chi connectivity index (χ0) is 14.8. The third-order valence-electron chi connectivity index (χ3n) is 4.61. The molecule has 1 unspecified atom stereocenters. The molecule has 3 rings (SSSR count). The van der Waals surface area contributed by atoms with E-state index in [0.717, 1.165) is 11.5 Å². The predicted octanol–water partition coefficient (Wildman–Crippen LogP) is 4.85. The van der Waals surface area contributed by atoms with Gasteiger partial charge >= 0.3 is 0 Å². The molecule has 110 valence electrons. The maximum Gasteiger partial charge on any atom is 0.0830 e. The normalized spacial score (nSPS) is 16.5. The zero-order valence-corrected chi connectivity index (χ0v) is 13.0. The average Bonchev–Trinajstić information content (AvgIpc) is 2.36. The van der Waals surface area contributed by atoms with Gasteiger partial charge in [-0.15, -0.1) is 0 Å². The van der Waals surface area contributed by atoms with Gasteiger partial charge in [-0.3, -0.25) is 0 Å². The third-order valence-corrected chi connectivity index (χ3v) is 4.61. The van der Waals surface area contributed by atoms with Gasteiger partial charge < -0.3 is 5.11 Å². The molecule has 1 aliphatic rings. The third kappa shape index (κ3) is 3.36. The minimum Gasteiger partial charge on any atom is -0.388 e. The predicted molar refractivity (Wildman–Crippen MR) is 87.6 cm³/mol. The first-order valence-electron chi connectivity index (χ1n) is 7.97. The summed E-state index contributed by atoms with van der Waals surface area (Å²) >= 11 is 0. The van der Waals surface area contributed by atoms with Gasteiger partial charge in [0.15, 0.2) is 0 Å². The van der Waals surface area contributed by atoms with Crippen LogP contribution in [0.5, 0.6) is 0 Å². The van der Waals surface area contributed by atoms with Gasteiger partial charge in [-0.1, -0.05) is 60.0 Å². The lowest BCUT2D eigenvalue weighted by Crippen LogP contribution is -2.09. The lowest BCUT2D eigenvalue weighted by Gasteiger charge is -2.26. The number of aliphatic hydroxyl groups is 1. The highest BCUT2D eigenvalue weighted by Gasteiger charge is 2.19. The lowest BCUT2D eigenvalue weighted by molar-refractivity contribution is 0.178. The van der Waals surface area contributed by atoms with Crippen LogP contribution in [0.2, 0.25) is 0 Å². The first-order valence-corrected chi connectivity index (χ1v) is 7.97. The molecule has 0 radical (unpaired) electrons. The maximum absolute atomic E-state index is 10.5. The Morgan fingerprint density at radius 1 is 1.00 bits per heavy atom. The Kier molecular flexibility index (Phi) is 4.12. The topological polar surface area (TPSA) is 20.2 Å². The van der Waals surface area contributed by atoms with E-state index in [4.69, 9.17) is 0 Å². The van der Waals surface area contributed by atoms with Gasteiger partial charge in [0.25, 0.3) is 0 Å². The molecule has 0 aliphatic heterocycles. The van der Waals surface area contributed by atoms with Gasteiger partial charge in [0.2, 0.25) is 0 Å². The van der Waals surface area contributed by atoms with Crippen LogP contribution in [0.4, 0.5) is 0 Å². The Labute approximate surface area is 127 Å². The summed E-state index contributed by atoms with van der Waals surface area (Å²) in [6.07, 6.45) is 4.28. The molecule has 0 spiro atoms. The van der Waals surface area contributed by atoms with Crippen molar-refractivity contribution in [2.24, 2.45) is 0 Å². The number of aryl methyl sites for hydroxylation is 2. The van der Waals surface area contributed by atoms with Crippen molar-refractivity contribution < 1.29 is 5.11 Å². The van der Waals surface area contributed by atoms with Crippen molar-refractivity contribution in [1.29, 1.82) is 0 Å². The van der Waals surface area contributed by atoms with Gasteiger partial charge in [0.05, 0.1) is 6.10 Å². The molecule has 1 saturated carbocycles. The fourth-order valence-electron chi connectivity index (χ4n) is 3.26. The number of rotatable bonds is 4. The Bertz CT molecular complexity index is 588. The summed E-state index contributed by atoms with van der Waals surface area (Å²) in [5, 5.41) is 10.5. The molecule has 2 aromatic carbocycles. The quantitative estimate of drug-likeness (QED) is 0.849. The molecule has 1 heteroatoms. The van der Waals surface area contributed by atoms with E-state index >= 15 is 0 Å². The van der Waals surface area contributed by atoms with Gasteiger partial charge in [0, 0.05) is 6.42 Å². The first-order chi connectivity index (χ1) is 10.1. The largest absolute Gasteiger partial charge is 0.388 e. The van der Waals surface area contributed by atoms with Gasteiger partial charge in [0.1, 0.15) is 0 Å². The molecule has 1 atom stereocenters. The van der Waals surface area contributed by atoms with E-state index in [1.165, 1.54) is 41.5 Å². The Morgan fingerprint density at radius 2 is 1.62 bits per heavy atom. The lowest BCUT2D eigenvalue weighted by atomic mass is 9.80. The summed E-state index contributed by atoms with van der Waals surface area (Å²) in [5.41, 5.74) is 6.19. The van der Waals surface area contributed by atoms with Crippen molar-refractivity contribution in [3.63, 3.8) is 0 Å². The second-order valence-corrected chi connectivity index (χ2v) is 6.51. The molecule has 0 bridgehead atoms. The smallest absolute Gasteiger partial charge is 0.0830 e. The maximum atomic E-state index is 10.5. The number of hydrogen-bond donors (Lipinski definition) is 1. The van der Waals surface area contributed by atoms with Crippen LogP contribution in [0.1, 0.15) is 59.1 Å². The van der Waals surface area contributed by atoms with Crippen molar-refractivity contribution >= 4 is 0 Å². The van der Waals surface area contributed by atoms with E-state index in [9.17, 15) is 5.11 Å². The van der Waals surface area contributed by atoms with E-state index in [-0.39, 0.29) is 0 Å². The molecule has 1 aliphatic carbocycles. The van der Waals surface area contributed by atoms with Gasteiger partial charge in [-0.05, 0) is 49.3 Å². The number of hydrogen-bond acceptors (Lipinski definition) is 1. The van der Waals surface area contributed by atoms with E-state index in [1.54, 1.807) is 0 Å². The molecule has 2 aromatic rings. The molecule has 0 amide bonds.